The Bertz CT molecular complexity index is 1200. The van der Waals surface area contributed by atoms with Crippen LogP contribution in [0.5, 0.6) is 0 Å². The van der Waals surface area contributed by atoms with Crippen molar-refractivity contribution in [2.24, 2.45) is 5.73 Å². The van der Waals surface area contributed by atoms with E-state index in [9.17, 15) is 17.6 Å². The maximum atomic E-state index is 13.0. The molecule has 0 saturated carbocycles. The molecule has 0 fully saturated rings. The van der Waals surface area contributed by atoms with Gasteiger partial charge in [-0.15, -0.1) is 0 Å². The van der Waals surface area contributed by atoms with E-state index in [0.29, 0.717) is 22.6 Å². The van der Waals surface area contributed by atoms with Gasteiger partial charge in [0.15, 0.2) is 5.82 Å². The second-order valence-corrected chi connectivity index (χ2v) is 8.73. The van der Waals surface area contributed by atoms with Crippen LogP contribution in [0.4, 0.5) is 4.39 Å². The van der Waals surface area contributed by atoms with Crippen LogP contribution in [0.15, 0.2) is 53.8 Å². The maximum absolute atomic E-state index is 13.0. The molecule has 0 radical (unpaired) electrons. The van der Waals surface area contributed by atoms with E-state index in [1.165, 1.54) is 30.6 Å². The van der Waals surface area contributed by atoms with Crippen molar-refractivity contribution in [3.8, 4) is 11.4 Å². The molecule has 11 heteroatoms. The summed E-state index contributed by atoms with van der Waals surface area (Å²) in [5.74, 6) is -1.15. The predicted octanol–water partition coefficient (Wildman–Crippen LogP) is 2.52. The molecule has 2 heterocycles. The Kier molecular flexibility index (Phi) is 8.47. The van der Waals surface area contributed by atoms with E-state index < -0.39 is 16.0 Å². The van der Waals surface area contributed by atoms with E-state index in [1.54, 1.807) is 39.1 Å². The number of carbonyl (C=O) groups is 1. The number of aryl methyl sites for hydroxylation is 1. The fraction of sp³-hybridized carbons (Fsp3) is 0.238. The van der Waals surface area contributed by atoms with Crippen LogP contribution >= 0.6 is 0 Å². The first-order chi connectivity index (χ1) is 15.0. The van der Waals surface area contributed by atoms with Crippen molar-refractivity contribution in [2.75, 3.05) is 0 Å². The minimum Gasteiger partial charge on any atom is -0.478 e. The first-order valence-electron chi connectivity index (χ1n) is 9.52. The molecule has 3 aromatic rings. The largest absolute Gasteiger partial charge is 0.478 e. The fourth-order valence-corrected chi connectivity index (χ4v) is 3.81. The highest BCUT2D eigenvalue weighted by Gasteiger charge is 2.15. The highest BCUT2D eigenvalue weighted by molar-refractivity contribution is 7.89. The topological polar surface area (TPSA) is 148 Å². The quantitative estimate of drug-likeness (QED) is 0.507. The minimum atomic E-state index is -3.46. The molecule has 3 rings (SSSR count). The van der Waals surface area contributed by atoms with Gasteiger partial charge in [-0.05, 0) is 44.5 Å². The first-order valence-corrected chi connectivity index (χ1v) is 11.0. The summed E-state index contributed by atoms with van der Waals surface area (Å²) in [5, 5.41) is 8.83. The lowest BCUT2D eigenvalue weighted by Gasteiger charge is -2.09. The number of rotatable bonds is 6. The molecule has 0 atom stereocenters. The van der Waals surface area contributed by atoms with Gasteiger partial charge in [0.05, 0.1) is 11.3 Å². The van der Waals surface area contributed by atoms with Gasteiger partial charge < -0.3 is 10.8 Å². The summed E-state index contributed by atoms with van der Waals surface area (Å²) in [4.78, 5) is 22.7. The number of aromatic carboxylic acids is 1. The lowest BCUT2D eigenvalue weighted by Crippen LogP contribution is -2.30. The Labute approximate surface area is 185 Å². The minimum absolute atomic E-state index is 0.0464. The van der Waals surface area contributed by atoms with Gasteiger partial charge in [-0.2, -0.15) is 0 Å². The third-order valence-electron chi connectivity index (χ3n) is 4.00. The molecule has 0 unspecified atom stereocenters. The number of aromatic nitrogens is 3. The van der Waals surface area contributed by atoms with Crippen molar-refractivity contribution in [3.05, 3.63) is 71.6 Å². The summed E-state index contributed by atoms with van der Waals surface area (Å²) in [6, 6.07) is 7.22. The Hall–Kier alpha value is -3.28. The van der Waals surface area contributed by atoms with Crippen LogP contribution in [0.1, 0.15) is 35.5 Å². The molecular weight excluding hydrogens is 437 g/mol. The molecular formula is C21H24FN5O4S. The van der Waals surface area contributed by atoms with Crippen molar-refractivity contribution in [1.29, 1.82) is 0 Å². The Morgan fingerprint density at radius 2 is 1.94 bits per heavy atom. The highest BCUT2D eigenvalue weighted by atomic mass is 32.2. The van der Waals surface area contributed by atoms with Gasteiger partial charge in [0, 0.05) is 36.7 Å². The zero-order chi connectivity index (χ0) is 23.9. The molecule has 0 bridgehead atoms. The number of halogens is 1. The van der Waals surface area contributed by atoms with Crippen molar-refractivity contribution in [1.82, 2.24) is 19.7 Å². The number of hydrogen-bond acceptors (Lipinski definition) is 7. The smallest absolute Gasteiger partial charge is 0.339 e. The molecule has 0 saturated heterocycles. The zero-order valence-corrected chi connectivity index (χ0v) is 18.6. The molecule has 32 heavy (non-hydrogen) atoms. The summed E-state index contributed by atoms with van der Waals surface area (Å²) < 4.78 is 38.9. The summed E-state index contributed by atoms with van der Waals surface area (Å²) in [7, 11) is -3.46. The number of hydrogen-bond donors (Lipinski definition) is 3. The van der Waals surface area contributed by atoms with Crippen LogP contribution in [0.3, 0.4) is 0 Å². The monoisotopic (exact) mass is 461 g/mol. The SMILES string of the molecule is CC(C)NS(=O)(=O)c1cncc(CN)c1.Cc1nc(-c2cccc(F)c2)ncc1C(=O)O. The van der Waals surface area contributed by atoms with Gasteiger partial charge in [-0.3, -0.25) is 4.98 Å². The second-order valence-electron chi connectivity index (χ2n) is 7.02. The van der Waals surface area contributed by atoms with Gasteiger partial charge in [0.2, 0.25) is 10.0 Å². The maximum Gasteiger partial charge on any atom is 0.339 e. The van der Waals surface area contributed by atoms with Crippen molar-refractivity contribution >= 4 is 16.0 Å². The van der Waals surface area contributed by atoms with Crippen molar-refractivity contribution in [2.45, 2.75) is 38.3 Å². The van der Waals surface area contributed by atoms with Crippen LogP contribution in [0, 0.1) is 12.7 Å². The number of sulfonamides is 1. The molecule has 0 aliphatic heterocycles. The molecule has 0 aliphatic carbocycles. The molecule has 170 valence electrons. The second kappa shape index (κ2) is 10.8. The number of nitrogens with two attached hydrogens (primary N) is 1. The average molecular weight is 462 g/mol. The van der Waals surface area contributed by atoms with E-state index in [2.05, 4.69) is 19.7 Å². The van der Waals surface area contributed by atoms with E-state index >= 15 is 0 Å². The van der Waals surface area contributed by atoms with Crippen LogP contribution < -0.4 is 10.5 Å². The third kappa shape index (κ3) is 6.87. The predicted molar refractivity (Wildman–Crippen MR) is 117 cm³/mol. The van der Waals surface area contributed by atoms with Gasteiger partial charge in [-0.25, -0.2) is 32.3 Å². The number of carboxylic acids is 1. The number of carboxylic acid groups (broad SMARTS) is 1. The van der Waals surface area contributed by atoms with Gasteiger partial charge in [0.25, 0.3) is 0 Å². The summed E-state index contributed by atoms with van der Waals surface area (Å²) in [5.41, 5.74) is 7.02. The average Bonchev–Trinajstić information content (AvgIpc) is 2.73. The Morgan fingerprint density at radius 3 is 2.50 bits per heavy atom. The molecule has 4 N–H and O–H groups in total. The molecule has 0 spiro atoms. The summed E-state index contributed by atoms with van der Waals surface area (Å²) in [6.45, 7) is 5.38. The molecule has 2 aromatic heterocycles. The van der Waals surface area contributed by atoms with Crippen molar-refractivity contribution < 1.29 is 22.7 Å². The zero-order valence-electron chi connectivity index (χ0n) is 17.8. The van der Waals surface area contributed by atoms with Crippen molar-refractivity contribution in [3.63, 3.8) is 0 Å². The van der Waals surface area contributed by atoms with E-state index in [4.69, 9.17) is 10.8 Å². The summed E-state index contributed by atoms with van der Waals surface area (Å²) >= 11 is 0. The standard InChI is InChI=1S/C12H9FN2O2.C9H15N3O2S/c1-7-10(12(16)17)6-14-11(15-7)8-3-2-4-9(13)5-8;1-7(2)12-15(13,14)9-3-8(4-10)5-11-6-9/h2-6H,1H3,(H,16,17);3,5-7,12H,4,10H2,1-2H3. The van der Waals surface area contributed by atoms with Crippen LogP contribution in [-0.2, 0) is 16.6 Å². The van der Waals surface area contributed by atoms with Crippen LogP contribution in [0.25, 0.3) is 11.4 Å². The fourth-order valence-electron chi connectivity index (χ4n) is 2.54. The normalized spacial score (nSPS) is 11.1. The molecule has 9 nitrogen and oxygen atoms in total. The van der Waals surface area contributed by atoms with E-state index in [0.717, 1.165) is 0 Å². The molecule has 1 aromatic carbocycles. The molecule has 0 amide bonds. The van der Waals surface area contributed by atoms with E-state index in [1.807, 2.05) is 0 Å². The number of pyridine rings is 1. The third-order valence-corrected chi connectivity index (χ3v) is 5.62. The summed E-state index contributed by atoms with van der Waals surface area (Å²) in [6.07, 6.45) is 4.09. The number of benzene rings is 1. The lowest BCUT2D eigenvalue weighted by molar-refractivity contribution is 0.0695. The number of nitrogens with zero attached hydrogens (tertiary/aromatic N) is 3. The molecule has 0 aliphatic rings. The Morgan fingerprint density at radius 1 is 1.22 bits per heavy atom. The Balaban J connectivity index is 0.000000229. The van der Waals surface area contributed by atoms with E-state index in [-0.39, 0.29) is 28.9 Å². The van der Waals surface area contributed by atoms with Crippen LogP contribution in [0.2, 0.25) is 0 Å². The van der Waals surface area contributed by atoms with Gasteiger partial charge >= 0.3 is 5.97 Å². The first kappa shape index (κ1) is 25.0. The highest BCUT2D eigenvalue weighted by Crippen LogP contribution is 2.17. The lowest BCUT2D eigenvalue weighted by atomic mass is 10.2. The van der Waals surface area contributed by atoms with Crippen LogP contribution in [-0.4, -0.2) is 40.5 Å². The number of nitrogens with one attached hydrogen (secondary N) is 1. The van der Waals surface area contributed by atoms with Gasteiger partial charge in [-0.1, -0.05) is 12.1 Å². The van der Waals surface area contributed by atoms with Gasteiger partial charge in [0.1, 0.15) is 10.7 Å².